The van der Waals surface area contributed by atoms with Gasteiger partial charge in [-0.1, -0.05) is 38.1 Å². The molecule has 2 amide bonds. The molecule has 0 bridgehead atoms. The number of fused-ring (bicyclic) bond motifs is 1. The Balaban J connectivity index is 1.55. The Kier molecular flexibility index (Phi) is 6.34. The minimum absolute atomic E-state index is 0.0707. The number of halogens is 1. The molecule has 0 saturated carbocycles. The maximum absolute atomic E-state index is 13.1. The molecule has 1 aliphatic heterocycles. The van der Waals surface area contributed by atoms with E-state index >= 15 is 0 Å². The van der Waals surface area contributed by atoms with E-state index in [-0.39, 0.29) is 24.8 Å². The van der Waals surface area contributed by atoms with E-state index in [2.05, 4.69) is 35.1 Å². The number of benzene rings is 2. The van der Waals surface area contributed by atoms with E-state index in [4.69, 9.17) is 4.99 Å². The van der Waals surface area contributed by atoms with Gasteiger partial charge in [-0.3, -0.25) is 9.59 Å². The number of hydrogen-bond donors (Lipinski definition) is 1. The van der Waals surface area contributed by atoms with Gasteiger partial charge in [0.05, 0.1) is 32.2 Å². The SMILES string of the molecule is CC(C)c1ccc(NC(=O)CN2C(=O)CC(c3ccc(Br)s3)=Nc3ccccc32)cc1. The van der Waals surface area contributed by atoms with Gasteiger partial charge in [0.15, 0.2) is 0 Å². The van der Waals surface area contributed by atoms with Gasteiger partial charge in [0.25, 0.3) is 0 Å². The summed E-state index contributed by atoms with van der Waals surface area (Å²) in [6, 6.07) is 19.1. The molecule has 0 aliphatic carbocycles. The molecule has 0 radical (unpaired) electrons. The third-order valence-corrected chi connectivity index (χ3v) is 6.74. The van der Waals surface area contributed by atoms with Crippen molar-refractivity contribution in [2.24, 2.45) is 4.99 Å². The highest BCUT2D eigenvalue weighted by molar-refractivity contribution is 9.11. The van der Waals surface area contributed by atoms with Crippen LogP contribution in [0, 0.1) is 0 Å². The second-order valence-corrected chi connectivity index (χ2v) is 10.1. The van der Waals surface area contributed by atoms with E-state index in [1.165, 1.54) is 21.8 Å². The number of carbonyl (C=O) groups is 2. The van der Waals surface area contributed by atoms with E-state index in [0.29, 0.717) is 28.7 Å². The first kappa shape index (κ1) is 21.5. The summed E-state index contributed by atoms with van der Waals surface area (Å²) in [6.45, 7) is 4.18. The average molecular weight is 496 g/mol. The molecule has 31 heavy (non-hydrogen) atoms. The number of anilines is 2. The molecule has 7 heteroatoms. The Labute approximate surface area is 193 Å². The van der Waals surface area contributed by atoms with Gasteiger partial charge < -0.3 is 10.2 Å². The molecule has 1 aliphatic rings. The zero-order valence-corrected chi connectivity index (χ0v) is 19.7. The van der Waals surface area contributed by atoms with Crippen molar-refractivity contribution in [2.75, 3.05) is 16.8 Å². The van der Waals surface area contributed by atoms with E-state index in [1.807, 2.05) is 60.7 Å². The predicted molar refractivity (Wildman–Crippen MR) is 131 cm³/mol. The molecule has 2 heterocycles. The molecule has 5 nitrogen and oxygen atoms in total. The summed E-state index contributed by atoms with van der Waals surface area (Å²) in [4.78, 5) is 33.1. The summed E-state index contributed by atoms with van der Waals surface area (Å²) in [5, 5.41) is 2.90. The maximum Gasteiger partial charge on any atom is 0.244 e. The Morgan fingerprint density at radius 1 is 1.13 bits per heavy atom. The maximum atomic E-state index is 13.1. The van der Waals surface area contributed by atoms with Gasteiger partial charge in [0, 0.05) is 5.69 Å². The van der Waals surface area contributed by atoms with Crippen LogP contribution < -0.4 is 10.2 Å². The molecule has 2 aromatic carbocycles. The zero-order valence-electron chi connectivity index (χ0n) is 17.3. The fourth-order valence-electron chi connectivity index (χ4n) is 3.43. The highest BCUT2D eigenvalue weighted by atomic mass is 79.9. The minimum atomic E-state index is -0.247. The van der Waals surface area contributed by atoms with Crippen molar-refractivity contribution in [3.63, 3.8) is 0 Å². The lowest BCUT2D eigenvalue weighted by atomic mass is 10.0. The van der Waals surface area contributed by atoms with Crippen LogP contribution >= 0.6 is 27.3 Å². The van der Waals surface area contributed by atoms with Crippen molar-refractivity contribution >= 4 is 61.9 Å². The Morgan fingerprint density at radius 2 is 1.87 bits per heavy atom. The first-order valence-electron chi connectivity index (χ1n) is 10.0. The molecule has 0 spiro atoms. The van der Waals surface area contributed by atoms with Crippen LogP contribution in [0.15, 0.2) is 69.4 Å². The normalized spacial score (nSPS) is 13.6. The van der Waals surface area contributed by atoms with Gasteiger partial charge in [-0.05, 0) is 63.8 Å². The highest BCUT2D eigenvalue weighted by Crippen LogP contribution is 2.34. The molecule has 1 N–H and O–H groups in total. The summed E-state index contributed by atoms with van der Waals surface area (Å²) in [5.41, 5.74) is 3.95. The van der Waals surface area contributed by atoms with Gasteiger partial charge in [-0.25, -0.2) is 4.99 Å². The summed E-state index contributed by atoms with van der Waals surface area (Å²) in [6.07, 6.45) is 0.137. The topological polar surface area (TPSA) is 61.8 Å². The third-order valence-electron chi connectivity index (χ3n) is 5.07. The van der Waals surface area contributed by atoms with Gasteiger partial charge >= 0.3 is 0 Å². The monoisotopic (exact) mass is 495 g/mol. The quantitative estimate of drug-likeness (QED) is 0.462. The van der Waals surface area contributed by atoms with Gasteiger partial charge in [0.1, 0.15) is 6.54 Å². The second kappa shape index (κ2) is 9.16. The molecule has 1 aromatic heterocycles. The largest absolute Gasteiger partial charge is 0.325 e. The molecule has 0 saturated heterocycles. The molecule has 4 rings (SSSR count). The number of aliphatic imine (C=N–C) groups is 1. The number of hydrogen-bond acceptors (Lipinski definition) is 4. The van der Waals surface area contributed by atoms with Crippen LogP contribution in [0.25, 0.3) is 0 Å². The van der Waals surface area contributed by atoms with Crippen LogP contribution in [0.1, 0.15) is 36.6 Å². The van der Waals surface area contributed by atoms with Crippen molar-refractivity contribution in [2.45, 2.75) is 26.2 Å². The van der Waals surface area contributed by atoms with E-state index in [1.54, 1.807) is 0 Å². The van der Waals surface area contributed by atoms with Crippen LogP contribution in [0.3, 0.4) is 0 Å². The van der Waals surface area contributed by atoms with Crippen molar-refractivity contribution in [1.82, 2.24) is 0 Å². The smallest absolute Gasteiger partial charge is 0.244 e. The van der Waals surface area contributed by atoms with Crippen molar-refractivity contribution in [3.8, 4) is 0 Å². The van der Waals surface area contributed by atoms with Crippen molar-refractivity contribution in [1.29, 1.82) is 0 Å². The highest BCUT2D eigenvalue weighted by Gasteiger charge is 2.27. The van der Waals surface area contributed by atoms with E-state index in [0.717, 1.165) is 8.66 Å². The number of para-hydroxylation sites is 2. The lowest BCUT2D eigenvalue weighted by Gasteiger charge is -2.22. The van der Waals surface area contributed by atoms with Crippen LogP contribution in [0.2, 0.25) is 0 Å². The number of amides is 2. The number of nitrogens with one attached hydrogen (secondary N) is 1. The minimum Gasteiger partial charge on any atom is -0.325 e. The van der Waals surface area contributed by atoms with Gasteiger partial charge in [0.2, 0.25) is 11.8 Å². The van der Waals surface area contributed by atoms with Crippen LogP contribution in [0.5, 0.6) is 0 Å². The predicted octanol–water partition coefficient (Wildman–Crippen LogP) is 6.13. The third kappa shape index (κ3) is 4.94. The van der Waals surface area contributed by atoms with E-state index in [9.17, 15) is 9.59 Å². The van der Waals surface area contributed by atoms with Gasteiger partial charge in [-0.2, -0.15) is 0 Å². The first-order chi connectivity index (χ1) is 14.9. The standard InChI is InChI=1S/C24H22BrN3O2S/c1-15(2)16-7-9-17(10-8-16)26-23(29)14-28-20-6-4-3-5-18(20)27-19(13-24(28)30)21-11-12-22(25)31-21/h3-12,15H,13-14H2,1-2H3,(H,26,29). The second-order valence-electron chi connectivity index (χ2n) is 7.63. The number of nitrogens with zero attached hydrogens (tertiary/aromatic N) is 2. The summed E-state index contributed by atoms with van der Waals surface area (Å²) in [5.74, 6) is 0.0236. The number of rotatable bonds is 5. The number of thiophene rings is 1. The fourth-order valence-corrected chi connectivity index (χ4v) is 4.80. The zero-order chi connectivity index (χ0) is 22.0. The van der Waals surface area contributed by atoms with Crippen molar-refractivity contribution < 1.29 is 9.59 Å². The fraction of sp³-hybridized carbons (Fsp3) is 0.208. The summed E-state index contributed by atoms with van der Waals surface area (Å²) < 4.78 is 0.981. The Bertz CT molecular complexity index is 1150. The summed E-state index contributed by atoms with van der Waals surface area (Å²) in [7, 11) is 0. The molecule has 0 atom stereocenters. The Morgan fingerprint density at radius 3 is 2.55 bits per heavy atom. The van der Waals surface area contributed by atoms with Crippen LogP contribution in [0.4, 0.5) is 17.1 Å². The van der Waals surface area contributed by atoms with Gasteiger partial charge in [-0.15, -0.1) is 11.3 Å². The lowest BCUT2D eigenvalue weighted by Crippen LogP contribution is -2.38. The van der Waals surface area contributed by atoms with Crippen LogP contribution in [-0.2, 0) is 9.59 Å². The average Bonchev–Trinajstić information content (AvgIpc) is 3.13. The summed E-state index contributed by atoms with van der Waals surface area (Å²) >= 11 is 5.00. The van der Waals surface area contributed by atoms with Crippen molar-refractivity contribution in [3.05, 3.63) is 74.9 Å². The molecular formula is C24H22BrN3O2S. The first-order valence-corrected chi connectivity index (χ1v) is 11.6. The Hall–Kier alpha value is -2.77. The molecule has 0 unspecified atom stereocenters. The van der Waals surface area contributed by atoms with E-state index < -0.39 is 0 Å². The molecule has 0 fully saturated rings. The molecular weight excluding hydrogens is 474 g/mol. The number of carbonyl (C=O) groups excluding carboxylic acids is 2. The lowest BCUT2D eigenvalue weighted by molar-refractivity contribution is -0.120. The molecule has 158 valence electrons. The molecule has 3 aromatic rings. The van der Waals surface area contributed by atoms with Crippen LogP contribution in [-0.4, -0.2) is 24.1 Å².